The van der Waals surface area contributed by atoms with Crippen LogP contribution in [0.3, 0.4) is 0 Å². The first-order valence-corrected chi connectivity index (χ1v) is 7.61. The minimum Gasteiger partial charge on any atom is -0.474 e. The summed E-state index contributed by atoms with van der Waals surface area (Å²) in [4.78, 5) is 4.19. The Morgan fingerprint density at radius 1 is 1.40 bits per heavy atom. The molecule has 108 valence electrons. The number of hydrogen-bond donors (Lipinski definition) is 0. The second-order valence-corrected chi connectivity index (χ2v) is 6.50. The maximum atomic E-state index is 8.98. The highest BCUT2D eigenvalue weighted by atomic mass is 35.5. The summed E-state index contributed by atoms with van der Waals surface area (Å²) in [5.74, 6) is 2.27. The summed E-state index contributed by atoms with van der Waals surface area (Å²) in [6.07, 6.45) is 3.65. The third-order valence-corrected chi connectivity index (χ3v) is 4.33. The average molecular weight is 293 g/mol. The molecule has 1 aromatic heterocycles. The van der Waals surface area contributed by atoms with E-state index in [2.05, 4.69) is 31.8 Å². The molecule has 1 fully saturated rings. The van der Waals surface area contributed by atoms with Crippen molar-refractivity contribution < 1.29 is 4.74 Å². The van der Waals surface area contributed by atoms with Gasteiger partial charge in [0.2, 0.25) is 5.88 Å². The molecule has 1 aromatic rings. The molecule has 0 aliphatic heterocycles. The van der Waals surface area contributed by atoms with E-state index in [1.807, 2.05) is 0 Å². The smallest absolute Gasteiger partial charge is 0.216 e. The second kappa shape index (κ2) is 6.45. The number of ether oxygens (including phenoxy) is 1. The van der Waals surface area contributed by atoms with Crippen LogP contribution in [0.4, 0.5) is 0 Å². The number of halogens is 1. The van der Waals surface area contributed by atoms with Crippen LogP contribution in [-0.2, 0) is 0 Å². The van der Waals surface area contributed by atoms with E-state index < -0.39 is 0 Å². The van der Waals surface area contributed by atoms with Gasteiger partial charge in [-0.15, -0.1) is 0 Å². The maximum Gasteiger partial charge on any atom is 0.216 e. The maximum absolute atomic E-state index is 8.98. The van der Waals surface area contributed by atoms with Crippen LogP contribution in [0.15, 0.2) is 12.1 Å². The molecule has 0 saturated heterocycles. The van der Waals surface area contributed by atoms with Gasteiger partial charge in [-0.2, -0.15) is 5.26 Å². The van der Waals surface area contributed by atoms with Gasteiger partial charge in [-0.1, -0.05) is 38.8 Å². The molecule has 1 heterocycles. The van der Waals surface area contributed by atoms with Crippen LogP contribution < -0.4 is 4.74 Å². The van der Waals surface area contributed by atoms with Crippen molar-refractivity contribution in [2.75, 3.05) is 0 Å². The van der Waals surface area contributed by atoms with Gasteiger partial charge in [0, 0.05) is 6.07 Å². The molecule has 0 amide bonds. The lowest BCUT2D eigenvalue weighted by molar-refractivity contribution is 0.0426. The van der Waals surface area contributed by atoms with Crippen molar-refractivity contribution in [2.45, 2.75) is 46.1 Å². The molecular formula is C16H21ClN2O. The summed E-state index contributed by atoms with van der Waals surface area (Å²) in [7, 11) is 0. The van der Waals surface area contributed by atoms with Crippen LogP contribution in [0.25, 0.3) is 0 Å². The topological polar surface area (TPSA) is 45.9 Å². The number of hydrogen-bond acceptors (Lipinski definition) is 3. The Hall–Kier alpha value is -1.27. The number of aromatic nitrogens is 1. The quantitative estimate of drug-likeness (QED) is 0.773. The third-order valence-electron chi connectivity index (χ3n) is 4.13. The molecule has 3 unspecified atom stereocenters. The highest BCUT2D eigenvalue weighted by molar-refractivity contribution is 6.29. The van der Waals surface area contributed by atoms with E-state index in [0.717, 1.165) is 6.42 Å². The van der Waals surface area contributed by atoms with Crippen LogP contribution in [-0.4, -0.2) is 11.1 Å². The SMILES string of the molecule is CC1CCC(C(C)C)C(Oc2cc(C#N)cc(Cl)n2)C1. The molecule has 1 aliphatic rings. The van der Waals surface area contributed by atoms with Gasteiger partial charge in [-0.3, -0.25) is 0 Å². The van der Waals surface area contributed by atoms with E-state index >= 15 is 0 Å². The molecule has 4 heteroatoms. The molecule has 3 nitrogen and oxygen atoms in total. The summed E-state index contributed by atoms with van der Waals surface area (Å²) >= 11 is 5.93. The van der Waals surface area contributed by atoms with Gasteiger partial charge < -0.3 is 4.74 Å². The molecule has 0 N–H and O–H groups in total. The zero-order valence-electron chi connectivity index (χ0n) is 12.3. The first-order valence-electron chi connectivity index (χ1n) is 7.24. The molecule has 1 saturated carbocycles. The Morgan fingerprint density at radius 3 is 2.80 bits per heavy atom. The number of nitriles is 1. The lowest BCUT2D eigenvalue weighted by atomic mass is 9.75. The lowest BCUT2D eigenvalue weighted by Crippen LogP contribution is -2.36. The van der Waals surface area contributed by atoms with Gasteiger partial charge in [0.1, 0.15) is 11.3 Å². The monoisotopic (exact) mass is 292 g/mol. The minimum absolute atomic E-state index is 0.163. The van der Waals surface area contributed by atoms with Crippen molar-refractivity contribution in [2.24, 2.45) is 17.8 Å². The van der Waals surface area contributed by atoms with Crippen molar-refractivity contribution in [3.05, 3.63) is 22.8 Å². The predicted octanol–water partition coefficient (Wildman–Crippen LogP) is 4.45. The summed E-state index contributed by atoms with van der Waals surface area (Å²) < 4.78 is 6.08. The van der Waals surface area contributed by atoms with Crippen molar-refractivity contribution in [3.63, 3.8) is 0 Å². The molecule has 0 bridgehead atoms. The van der Waals surface area contributed by atoms with E-state index in [1.165, 1.54) is 12.8 Å². The van der Waals surface area contributed by atoms with E-state index in [-0.39, 0.29) is 6.10 Å². The fourth-order valence-electron chi connectivity index (χ4n) is 3.00. The third kappa shape index (κ3) is 3.64. The first kappa shape index (κ1) is 15.1. The van der Waals surface area contributed by atoms with Gasteiger partial charge in [-0.25, -0.2) is 4.98 Å². The van der Waals surface area contributed by atoms with E-state index in [4.69, 9.17) is 21.6 Å². The lowest BCUT2D eigenvalue weighted by Gasteiger charge is -2.37. The van der Waals surface area contributed by atoms with Gasteiger partial charge in [-0.05, 0) is 36.7 Å². The molecule has 20 heavy (non-hydrogen) atoms. The fraction of sp³-hybridized carbons (Fsp3) is 0.625. The largest absolute Gasteiger partial charge is 0.474 e. The number of rotatable bonds is 3. The predicted molar refractivity (Wildman–Crippen MR) is 79.7 cm³/mol. The molecular weight excluding hydrogens is 272 g/mol. The van der Waals surface area contributed by atoms with Crippen LogP contribution in [0, 0.1) is 29.1 Å². The normalized spacial score (nSPS) is 26.3. The molecule has 0 spiro atoms. The highest BCUT2D eigenvalue weighted by Crippen LogP contribution is 2.35. The van der Waals surface area contributed by atoms with Crippen molar-refractivity contribution in [1.29, 1.82) is 5.26 Å². The summed E-state index contributed by atoms with van der Waals surface area (Å²) in [6.45, 7) is 6.74. The van der Waals surface area contributed by atoms with Crippen molar-refractivity contribution >= 4 is 11.6 Å². The standard InChI is InChI=1S/C16H21ClN2O/c1-10(2)13-5-4-11(3)6-14(13)20-16-8-12(9-18)7-15(17)19-16/h7-8,10-11,13-14H,4-6H2,1-3H3. The van der Waals surface area contributed by atoms with Crippen LogP contribution >= 0.6 is 11.6 Å². The van der Waals surface area contributed by atoms with E-state index in [9.17, 15) is 0 Å². The molecule has 2 rings (SSSR count). The number of pyridine rings is 1. The van der Waals surface area contributed by atoms with E-state index in [1.54, 1.807) is 12.1 Å². The molecule has 0 radical (unpaired) electrons. The van der Waals surface area contributed by atoms with E-state index in [0.29, 0.717) is 34.4 Å². The number of nitrogens with zero attached hydrogens (tertiary/aromatic N) is 2. The summed E-state index contributed by atoms with van der Waals surface area (Å²) in [5.41, 5.74) is 0.491. The van der Waals surface area contributed by atoms with Crippen LogP contribution in [0.5, 0.6) is 5.88 Å². The van der Waals surface area contributed by atoms with Gasteiger partial charge >= 0.3 is 0 Å². The van der Waals surface area contributed by atoms with Crippen molar-refractivity contribution in [1.82, 2.24) is 4.98 Å². The second-order valence-electron chi connectivity index (χ2n) is 6.11. The zero-order valence-corrected chi connectivity index (χ0v) is 13.0. The van der Waals surface area contributed by atoms with Gasteiger partial charge in [0.15, 0.2) is 0 Å². The van der Waals surface area contributed by atoms with Crippen LogP contribution in [0.1, 0.15) is 45.6 Å². The summed E-state index contributed by atoms with van der Waals surface area (Å²) in [6, 6.07) is 5.31. The molecule has 3 atom stereocenters. The Kier molecular flexibility index (Phi) is 4.88. The first-order chi connectivity index (χ1) is 9.49. The van der Waals surface area contributed by atoms with Gasteiger partial charge in [0.25, 0.3) is 0 Å². The summed E-state index contributed by atoms with van der Waals surface area (Å²) in [5, 5.41) is 9.29. The molecule has 0 aromatic carbocycles. The van der Waals surface area contributed by atoms with Crippen LogP contribution in [0.2, 0.25) is 5.15 Å². The zero-order chi connectivity index (χ0) is 14.7. The highest BCUT2D eigenvalue weighted by Gasteiger charge is 2.32. The average Bonchev–Trinajstić information content (AvgIpc) is 2.37. The van der Waals surface area contributed by atoms with Crippen molar-refractivity contribution in [3.8, 4) is 11.9 Å². The Bertz CT molecular complexity index is 510. The van der Waals surface area contributed by atoms with Gasteiger partial charge in [0.05, 0.1) is 11.6 Å². The fourth-order valence-corrected chi connectivity index (χ4v) is 3.20. The molecule has 1 aliphatic carbocycles. The Balaban J connectivity index is 2.18. The Morgan fingerprint density at radius 2 is 2.15 bits per heavy atom. The Labute approximate surface area is 125 Å². The minimum atomic E-state index is 0.163.